The molecule has 3 aliphatic rings. The molecule has 2 aliphatic heterocycles. The van der Waals surface area contributed by atoms with Gasteiger partial charge in [-0.15, -0.1) is 11.3 Å². The number of piperidine rings is 1. The summed E-state index contributed by atoms with van der Waals surface area (Å²) in [5.41, 5.74) is 2.54. The molecule has 0 spiro atoms. The van der Waals surface area contributed by atoms with Crippen molar-refractivity contribution in [3.05, 3.63) is 35.0 Å². The first-order valence-electron chi connectivity index (χ1n) is 11.5. The largest absolute Gasteiger partial charge is 0.356 e. The van der Waals surface area contributed by atoms with Crippen LogP contribution >= 0.6 is 11.3 Å². The minimum absolute atomic E-state index is 0.738. The normalized spacial score (nSPS) is 22.8. The Balaban J connectivity index is 1.36. The van der Waals surface area contributed by atoms with Crippen LogP contribution in [-0.2, 0) is 12.8 Å². The summed E-state index contributed by atoms with van der Waals surface area (Å²) in [5.74, 6) is 1.99. The number of thiophene rings is 1. The Labute approximate surface area is 182 Å². The summed E-state index contributed by atoms with van der Waals surface area (Å²) in [6, 6.07) is 5.53. The smallest absolute Gasteiger partial charge is 0.164 e. The molecule has 0 amide bonds. The van der Waals surface area contributed by atoms with Crippen molar-refractivity contribution in [2.24, 2.45) is 0 Å². The molecule has 1 aliphatic carbocycles. The zero-order valence-electron chi connectivity index (χ0n) is 17.7. The average Bonchev–Trinajstić information content (AvgIpc) is 3.50. The molecule has 2 fully saturated rings. The second kappa shape index (κ2) is 7.57. The van der Waals surface area contributed by atoms with Crippen LogP contribution in [0.25, 0.3) is 21.6 Å². The molecule has 0 aromatic carbocycles. The van der Waals surface area contributed by atoms with Gasteiger partial charge in [-0.2, -0.15) is 0 Å². The van der Waals surface area contributed by atoms with Crippen molar-refractivity contribution in [2.75, 3.05) is 24.5 Å². The maximum Gasteiger partial charge on any atom is 0.164 e. The summed E-state index contributed by atoms with van der Waals surface area (Å²) in [6.45, 7) is 5.88. The van der Waals surface area contributed by atoms with E-state index in [-0.39, 0.29) is 0 Å². The predicted molar refractivity (Wildman–Crippen MR) is 123 cm³/mol. The molecule has 30 heavy (non-hydrogen) atoms. The van der Waals surface area contributed by atoms with Gasteiger partial charge in [0, 0.05) is 48.0 Å². The first-order chi connectivity index (χ1) is 14.8. The van der Waals surface area contributed by atoms with E-state index in [0.717, 1.165) is 36.6 Å². The summed E-state index contributed by atoms with van der Waals surface area (Å²) < 4.78 is 0. The molecule has 2 saturated heterocycles. The molecule has 5 heterocycles. The van der Waals surface area contributed by atoms with E-state index in [1.54, 1.807) is 0 Å². The number of pyridine rings is 1. The number of likely N-dealkylation sites (tertiary alicyclic amines) is 1. The van der Waals surface area contributed by atoms with E-state index in [1.165, 1.54) is 78.0 Å². The van der Waals surface area contributed by atoms with Crippen LogP contribution in [0.5, 0.6) is 0 Å². The Morgan fingerprint density at radius 2 is 1.93 bits per heavy atom. The molecule has 6 heteroatoms. The fraction of sp³-hybridized carbons (Fsp3) is 0.542. The fourth-order valence-corrected chi connectivity index (χ4v) is 6.99. The second-order valence-electron chi connectivity index (χ2n) is 9.10. The van der Waals surface area contributed by atoms with Crippen LogP contribution in [0.15, 0.2) is 24.5 Å². The van der Waals surface area contributed by atoms with Crippen LogP contribution in [0, 0.1) is 0 Å². The van der Waals surface area contributed by atoms with Gasteiger partial charge in [0.15, 0.2) is 5.82 Å². The summed E-state index contributed by atoms with van der Waals surface area (Å²) in [6.07, 6.45) is 12.6. The lowest BCUT2D eigenvalue weighted by atomic mass is 10.0. The van der Waals surface area contributed by atoms with Crippen molar-refractivity contribution >= 4 is 27.4 Å². The van der Waals surface area contributed by atoms with Crippen LogP contribution in [-0.4, -0.2) is 51.6 Å². The van der Waals surface area contributed by atoms with Crippen molar-refractivity contribution in [3.63, 3.8) is 0 Å². The van der Waals surface area contributed by atoms with Crippen molar-refractivity contribution in [1.82, 2.24) is 19.9 Å². The highest BCUT2D eigenvalue weighted by Gasteiger charge is 2.32. The van der Waals surface area contributed by atoms with Crippen LogP contribution < -0.4 is 4.90 Å². The molecule has 3 aromatic heterocycles. The molecule has 0 saturated carbocycles. The Morgan fingerprint density at radius 3 is 2.70 bits per heavy atom. The number of fused-ring (bicyclic) bond motifs is 3. The van der Waals surface area contributed by atoms with Gasteiger partial charge in [0.1, 0.15) is 10.6 Å². The number of hydrogen-bond donors (Lipinski definition) is 0. The first kappa shape index (κ1) is 18.7. The van der Waals surface area contributed by atoms with Crippen LogP contribution in [0.2, 0.25) is 0 Å². The van der Waals surface area contributed by atoms with E-state index in [1.807, 2.05) is 29.8 Å². The van der Waals surface area contributed by atoms with Gasteiger partial charge in [0.25, 0.3) is 0 Å². The van der Waals surface area contributed by atoms with Gasteiger partial charge >= 0.3 is 0 Å². The molecule has 0 radical (unpaired) electrons. The van der Waals surface area contributed by atoms with Gasteiger partial charge in [-0.1, -0.05) is 0 Å². The number of rotatable bonds is 3. The highest BCUT2D eigenvalue weighted by atomic mass is 32.1. The summed E-state index contributed by atoms with van der Waals surface area (Å²) in [4.78, 5) is 22.4. The lowest BCUT2D eigenvalue weighted by Crippen LogP contribution is -2.46. The van der Waals surface area contributed by atoms with Gasteiger partial charge in [0.05, 0.1) is 5.39 Å². The quantitative estimate of drug-likeness (QED) is 0.616. The van der Waals surface area contributed by atoms with Gasteiger partial charge < -0.3 is 4.90 Å². The molecule has 1 unspecified atom stereocenters. The van der Waals surface area contributed by atoms with Crippen molar-refractivity contribution in [3.8, 4) is 11.4 Å². The van der Waals surface area contributed by atoms with E-state index < -0.39 is 0 Å². The molecule has 1 atom stereocenters. The predicted octanol–water partition coefficient (Wildman–Crippen LogP) is 4.70. The SMILES string of the molecule is CC1CCCN1C1CCN(c2nc(-c3cccnc3)nc3sc4c(c23)CCC4)CC1. The topological polar surface area (TPSA) is 45.2 Å². The highest BCUT2D eigenvalue weighted by Crippen LogP contribution is 2.42. The minimum Gasteiger partial charge on any atom is -0.356 e. The Bertz CT molecular complexity index is 1050. The van der Waals surface area contributed by atoms with E-state index >= 15 is 0 Å². The maximum absolute atomic E-state index is 5.15. The third kappa shape index (κ3) is 3.12. The highest BCUT2D eigenvalue weighted by molar-refractivity contribution is 7.19. The van der Waals surface area contributed by atoms with Crippen LogP contribution in [0.4, 0.5) is 5.82 Å². The van der Waals surface area contributed by atoms with Gasteiger partial charge in [-0.05, 0) is 76.1 Å². The van der Waals surface area contributed by atoms with E-state index in [4.69, 9.17) is 9.97 Å². The maximum atomic E-state index is 5.15. The Hall–Kier alpha value is -2.05. The van der Waals surface area contributed by atoms with Gasteiger partial charge in [-0.3, -0.25) is 9.88 Å². The third-order valence-corrected chi connectivity index (χ3v) is 8.49. The standard InChI is InChI=1S/C24H29N5S/c1-16-5-4-12-29(16)18-9-13-28(14-10-18)23-21-19-7-2-8-20(19)30-24(21)27-22(26-23)17-6-3-11-25-15-17/h3,6,11,15-16,18H,2,4-5,7-10,12-14H2,1H3. The average molecular weight is 420 g/mol. The summed E-state index contributed by atoms with van der Waals surface area (Å²) in [5, 5.41) is 1.34. The molecule has 3 aromatic rings. The Morgan fingerprint density at radius 1 is 1.03 bits per heavy atom. The molecular weight excluding hydrogens is 390 g/mol. The van der Waals surface area contributed by atoms with Crippen molar-refractivity contribution in [1.29, 1.82) is 0 Å². The van der Waals surface area contributed by atoms with E-state index in [0.29, 0.717) is 0 Å². The lowest BCUT2D eigenvalue weighted by Gasteiger charge is -2.39. The number of anilines is 1. The van der Waals surface area contributed by atoms with Crippen molar-refractivity contribution < 1.29 is 0 Å². The molecule has 5 nitrogen and oxygen atoms in total. The number of nitrogens with zero attached hydrogens (tertiary/aromatic N) is 5. The third-order valence-electron chi connectivity index (χ3n) is 7.30. The molecule has 0 bridgehead atoms. The molecule has 0 N–H and O–H groups in total. The monoisotopic (exact) mass is 419 g/mol. The van der Waals surface area contributed by atoms with Gasteiger partial charge in [-0.25, -0.2) is 9.97 Å². The number of hydrogen-bond acceptors (Lipinski definition) is 6. The number of aromatic nitrogens is 3. The molecule has 156 valence electrons. The number of aryl methyl sites for hydroxylation is 2. The van der Waals surface area contributed by atoms with E-state index in [2.05, 4.69) is 27.8 Å². The van der Waals surface area contributed by atoms with Crippen LogP contribution in [0.3, 0.4) is 0 Å². The molecular formula is C24H29N5S. The lowest BCUT2D eigenvalue weighted by molar-refractivity contribution is 0.163. The van der Waals surface area contributed by atoms with E-state index in [9.17, 15) is 0 Å². The van der Waals surface area contributed by atoms with Crippen molar-refractivity contribution in [2.45, 2.75) is 64.0 Å². The Kier molecular flexibility index (Phi) is 4.72. The zero-order valence-corrected chi connectivity index (χ0v) is 18.5. The first-order valence-corrected chi connectivity index (χ1v) is 12.3. The summed E-state index contributed by atoms with van der Waals surface area (Å²) in [7, 11) is 0. The second-order valence-corrected chi connectivity index (χ2v) is 10.2. The fourth-order valence-electron chi connectivity index (χ4n) is 5.74. The summed E-state index contributed by atoms with van der Waals surface area (Å²) >= 11 is 1.89. The van der Waals surface area contributed by atoms with Crippen LogP contribution in [0.1, 0.15) is 49.5 Å². The zero-order chi connectivity index (χ0) is 20.1. The molecule has 6 rings (SSSR count). The van der Waals surface area contributed by atoms with Gasteiger partial charge in [0.2, 0.25) is 0 Å². The minimum atomic E-state index is 0.738.